The number of hydrogen-bond donors (Lipinski definition) is 2. The van der Waals surface area contributed by atoms with Crippen molar-refractivity contribution in [1.29, 1.82) is 0 Å². The average molecular weight is 408 g/mol. The Morgan fingerprint density at radius 2 is 1.89 bits per heavy atom. The molecule has 0 saturated carbocycles. The van der Waals surface area contributed by atoms with E-state index in [1.807, 2.05) is 18.2 Å². The summed E-state index contributed by atoms with van der Waals surface area (Å²) in [5.74, 6) is -0.666. The van der Waals surface area contributed by atoms with Crippen LogP contribution in [0.1, 0.15) is 21.7 Å². The lowest BCUT2D eigenvalue weighted by Crippen LogP contribution is -2.37. The van der Waals surface area contributed by atoms with Crippen LogP contribution in [0.3, 0.4) is 0 Å². The molecule has 0 atom stereocenters. The van der Waals surface area contributed by atoms with E-state index in [-0.39, 0.29) is 37.1 Å². The molecular weight excluding hydrogens is 386 g/mol. The molecule has 0 radical (unpaired) electrons. The maximum atomic E-state index is 12.5. The minimum Gasteiger partial charge on any atom is -0.355 e. The number of carbonyl (C=O) groups excluding carboxylic acids is 2. The second kappa shape index (κ2) is 8.53. The van der Waals surface area contributed by atoms with Crippen molar-refractivity contribution in [2.24, 2.45) is 0 Å². The number of fused-ring (bicyclic) bond motifs is 1. The number of benzene rings is 1. The molecule has 0 aliphatic carbocycles. The van der Waals surface area contributed by atoms with Gasteiger partial charge in [-0.15, -0.1) is 11.3 Å². The fourth-order valence-electron chi connectivity index (χ4n) is 2.90. The van der Waals surface area contributed by atoms with Crippen LogP contribution in [0.5, 0.6) is 0 Å². The first-order valence-electron chi connectivity index (χ1n) is 8.64. The summed E-state index contributed by atoms with van der Waals surface area (Å²) in [6, 6.07) is 10.9. The van der Waals surface area contributed by atoms with Crippen molar-refractivity contribution < 1.29 is 18.0 Å². The Morgan fingerprint density at radius 1 is 1.07 bits per heavy atom. The fraction of sp³-hybridized carbons (Fsp3) is 0.333. The predicted octanol–water partition coefficient (Wildman–Crippen LogP) is 1.38. The third-order valence-electron chi connectivity index (χ3n) is 4.25. The van der Waals surface area contributed by atoms with Gasteiger partial charge in [0.1, 0.15) is 0 Å². The highest BCUT2D eigenvalue weighted by Gasteiger charge is 2.28. The van der Waals surface area contributed by atoms with E-state index in [0.717, 1.165) is 11.3 Å². The summed E-state index contributed by atoms with van der Waals surface area (Å²) in [7, 11) is -3.48. The number of rotatable bonds is 8. The van der Waals surface area contributed by atoms with Crippen LogP contribution < -0.4 is 14.9 Å². The van der Waals surface area contributed by atoms with Crippen LogP contribution in [0.2, 0.25) is 0 Å². The largest absolute Gasteiger partial charge is 0.355 e. The van der Waals surface area contributed by atoms with Gasteiger partial charge in [-0.1, -0.05) is 24.3 Å². The summed E-state index contributed by atoms with van der Waals surface area (Å²) in [6.45, 7) is 0.678. The van der Waals surface area contributed by atoms with Gasteiger partial charge in [0.15, 0.2) is 0 Å². The molecule has 27 heavy (non-hydrogen) atoms. The van der Waals surface area contributed by atoms with Gasteiger partial charge in [0.2, 0.25) is 15.9 Å². The predicted molar refractivity (Wildman–Crippen MR) is 106 cm³/mol. The molecule has 0 fully saturated rings. The lowest BCUT2D eigenvalue weighted by Gasteiger charge is -2.19. The molecule has 2 aromatic rings. The lowest BCUT2D eigenvalue weighted by atomic mass is 10.2. The molecule has 1 aromatic heterocycles. The molecule has 2 N–H and O–H groups in total. The highest BCUT2D eigenvalue weighted by Crippen LogP contribution is 2.29. The molecule has 2 amide bonds. The minimum atomic E-state index is -3.48. The monoisotopic (exact) mass is 407 g/mol. The quantitative estimate of drug-likeness (QED) is 0.691. The number of sulfonamides is 1. The second-order valence-electron chi connectivity index (χ2n) is 6.10. The zero-order valence-electron chi connectivity index (χ0n) is 14.7. The van der Waals surface area contributed by atoms with Crippen LogP contribution >= 0.6 is 11.3 Å². The number of nitrogens with one attached hydrogen (secondary N) is 2. The first-order valence-corrected chi connectivity index (χ1v) is 11.1. The molecule has 3 rings (SSSR count). The van der Waals surface area contributed by atoms with E-state index in [9.17, 15) is 18.0 Å². The number of carbonyl (C=O) groups is 2. The zero-order chi connectivity index (χ0) is 19.3. The molecule has 1 aromatic carbocycles. The molecule has 0 bridgehead atoms. The van der Waals surface area contributed by atoms with Crippen LogP contribution in [-0.2, 0) is 21.2 Å². The third kappa shape index (κ3) is 4.86. The van der Waals surface area contributed by atoms with Crippen LogP contribution in [0.25, 0.3) is 0 Å². The number of nitrogens with zero attached hydrogens (tertiary/aromatic N) is 1. The summed E-state index contributed by atoms with van der Waals surface area (Å²) < 4.78 is 26.5. The van der Waals surface area contributed by atoms with Crippen molar-refractivity contribution in [2.45, 2.75) is 12.8 Å². The van der Waals surface area contributed by atoms with Gasteiger partial charge < -0.3 is 10.6 Å². The van der Waals surface area contributed by atoms with Gasteiger partial charge in [-0.05, 0) is 29.5 Å². The highest BCUT2D eigenvalue weighted by molar-refractivity contribution is 7.92. The molecule has 0 unspecified atom stereocenters. The molecule has 0 spiro atoms. The van der Waals surface area contributed by atoms with Crippen LogP contribution in [-0.4, -0.2) is 45.6 Å². The lowest BCUT2D eigenvalue weighted by molar-refractivity contribution is -0.120. The Labute approximate surface area is 162 Å². The van der Waals surface area contributed by atoms with Crippen molar-refractivity contribution in [3.05, 3.63) is 52.2 Å². The molecule has 144 valence electrons. The first kappa shape index (κ1) is 19.4. The normalized spacial score (nSPS) is 13.3. The van der Waals surface area contributed by atoms with Gasteiger partial charge in [-0.25, -0.2) is 8.42 Å². The van der Waals surface area contributed by atoms with Crippen molar-refractivity contribution in [3.8, 4) is 0 Å². The summed E-state index contributed by atoms with van der Waals surface area (Å²) in [4.78, 5) is 24.2. The van der Waals surface area contributed by atoms with Gasteiger partial charge in [0.25, 0.3) is 5.91 Å². The molecule has 1 aliphatic heterocycles. The molecule has 2 heterocycles. The van der Waals surface area contributed by atoms with E-state index in [4.69, 9.17) is 0 Å². The zero-order valence-corrected chi connectivity index (χ0v) is 16.3. The Kier molecular flexibility index (Phi) is 6.12. The fourth-order valence-corrected chi connectivity index (χ4v) is 4.97. The molecule has 7 nitrogen and oxygen atoms in total. The van der Waals surface area contributed by atoms with Crippen LogP contribution in [0.15, 0.2) is 41.8 Å². The van der Waals surface area contributed by atoms with Crippen molar-refractivity contribution >= 4 is 38.9 Å². The number of amides is 2. The number of thiophene rings is 1. The van der Waals surface area contributed by atoms with Gasteiger partial charge in [0, 0.05) is 26.1 Å². The molecular formula is C18H21N3O4S2. The number of para-hydroxylation sites is 1. The maximum Gasteiger partial charge on any atom is 0.261 e. The SMILES string of the molecule is O=C(CCNC(=O)c1cccs1)NCCS(=O)(=O)N1CCc2ccccc21. The molecule has 1 aliphatic rings. The summed E-state index contributed by atoms with van der Waals surface area (Å²) in [5, 5.41) is 7.07. The van der Waals surface area contributed by atoms with E-state index in [1.54, 1.807) is 23.6 Å². The Morgan fingerprint density at radius 3 is 2.67 bits per heavy atom. The highest BCUT2D eigenvalue weighted by atomic mass is 32.2. The van der Waals surface area contributed by atoms with E-state index in [2.05, 4.69) is 10.6 Å². The van der Waals surface area contributed by atoms with Gasteiger partial charge in [-0.2, -0.15) is 0 Å². The molecule has 0 saturated heterocycles. The van der Waals surface area contributed by atoms with E-state index in [1.165, 1.54) is 15.6 Å². The van der Waals surface area contributed by atoms with Crippen molar-refractivity contribution in [2.75, 3.05) is 29.7 Å². The molecule has 9 heteroatoms. The van der Waals surface area contributed by atoms with Gasteiger partial charge in [0.05, 0.1) is 16.3 Å². The van der Waals surface area contributed by atoms with Gasteiger partial charge in [-0.3, -0.25) is 13.9 Å². The van der Waals surface area contributed by atoms with E-state index >= 15 is 0 Å². The van der Waals surface area contributed by atoms with E-state index in [0.29, 0.717) is 17.8 Å². The second-order valence-corrected chi connectivity index (χ2v) is 9.06. The summed E-state index contributed by atoms with van der Waals surface area (Å²) in [5.41, 5.74) is 1.74. The maximum absolute atomic E-state index is 12.5. The first-order chi connectivity index (χ1) is 13.0. The summed E-state index contributed by atoms with van der Waals surface area (Å²) >= 11 is 1.33. The van der Waals surface area contributed by atoms with Gasteiger partial charge >= 0.3 is 0 Å². The standard InChI is InChI=1S/C18H21N3O4S2/c22-17(7-9-20-18(23)16-6-3-12-26-16)19-10-13-27(24,25)21-11-8-14-4-1-2-5-15(14)21/h1-6,12H,7-11,13H2,(H,19,22)(H,20,23). The number of hydrogen-bond acceptors (Lipinski definition) is 5. The minimum absolute atomic E-state index is 0.0404. The van der Waals surface area contributed by atoms with Crippen LogP contribution in [0, 0.1) is 0 Å². The van der Waals surface area contributed by atoms with Crippen LogP contribution in [0.4, 0.5) is 5.69 Å². The third-order valence-corrected chi connectivity index (χ3v) is 6.88. The number of anilines is 1. The Balaban J connectivity index is 1.40. The van der Waals surface area contributed by atoms with Crippen molar-refractivity contribution in [1.82, 2.24) is 10.6 Å². The van der Waals surface area contributed by atoms with E-state index < -0.39 is 10.0 Å². The smallest absolute Gasteiger partial charge is 0.261 e. The Hall–Kier alpha value is -2.39. The topological polar surface area (TPSA) is 95.6 Å². The van der Waals surface area contributed by atoms with Crippen molar-refractivity contribution in [3.63, 3.8) is 0 Å². The Bertz CT molecular complexity index is 910. The summed E-state index contributed by atoms with van der Waals surface area (Å²) in [6.07, 6.45) is 0.801. The average Bonchev–Trinajstić information content (AvgIpc) is 3.31.